The maximum absolute atomic E-state index is 11.7. The summed E-state index contributed by atoms with van der Waals surface area (Å²) in [4.78, 5) is 23.4. The van der Waals surface area contributed by atoms with Crippen LogP contribution in [0.25, 0.3) is 0 Å². The normalized spacial score (nSPS) is 12.0. The Balaban J connectivity index is 1.45. The zero-order valence-corrected chi connectivity index (χ0v) is 12.4. The van der Waals surface area contributed by atoms with Gasteiger partial charge in [0.1, 0.15) is 5.75 Å². The van der Waals surface area contributed by atoms with E-state index in [1.807, 2.05) is 5.38 Å². The molecule has 1 aromatic heterocycles. The van der Waals surface area contributed by atoms with Gasteiger partial charge in [0.2, 0.25) is 6.79 Å². The number of thiophene rings is 1. The van der Waals surface area contributed by atoms with Crippen molar-refractivity contribution in [2.45, 2.75) is 6.42 Å². The third kappa shape index (κ3) is 3.37. The van der Waals surface area contributed by atoms with Gasteiger partial charge in [-0.15, -0.1) is 0 Å². The molecule has 2 aromatic rings. The highest BCUT2D eigenvalue weighted by Gasteiger charge is 2.15. The highest BCUT2D eigenvalue weighted by molar-refractivity contribution is 7.08. The fourth-order valence-electron chi connectivity index (χ4n) is 1.90. The van der Waals surface area contributed by atoms with Crippen LogP contribution in [-0.2, 0) is 4.79 Å². The van der Waals surface area contributed by atoms with E-state index in [4.69, 9.17) is 14.2 Å². The Kier molecular flexibility index (Phi) is 4.24. The molecule has 0 spiro atoms. The van der Waals surface area contributed by atoms with Gasteiger partial charge >= 0.3 is 5.97 Å². The summed E-state index contributed by atoms with van der Waals surface area (Å²) in [5.41, 5.74) is 0.592. The minimum Gasteiger partial charge on any atom is -0.454 e. The van der Waals surface area contributed by atoms with Crippen LogP contribution in [0.15, 0.2) is 35.0 Å². The molecule has 114 valence electrons. The number of esters is 1. The van der Waals surface area contributed by atoms with E-state index in [2.05, 4.69) is 5.32 Å². The van der Waals surface area contributed by atoms with Crippen LogP contribution in [0.2, 0.25) is 0 Å². The Hall–Kier alpha value is -2.54. The molecule has 1 aliphatic rings. The monoisotopic (exact) mass is 319 g/mol. The first-order chi connectivity index (χ1) is 10.7. The van der Waals surface area contributed by atoms with E-state index in [-0.39, 0.29) is 25.7 Å². The van der Waals surface area contributed by atoms with Gasteiger partial charge in [-0.05, 0) is 23.6 Å². The summed E-state index contributed by atoms with van der Waals surface area (Å²) in [5, 5.41) is 6.24. The van der Waals surface area contributed by atoms with Crippen LogP contribution in [0.1, 0.15) is 16.8 Å². The zero-order valence-electron chi connectivity index (χ0n) is 11.5. The molecule has 0 aliphatic carbocycles. The number of nitrogens with one attached hydrogen (secondary N) is 1. The summed E-state index contributed by atoms with van der Waals surface area (Å²) in [6.45, 7) is 0.388. The largest absolute Gasteiger partial charge is 0.454 e. The molecule has 0 saturated carbocycles. The van der Waals surface area contributed by atoms with Gasteiger partial charge in [0.25, 0.3) is 5.91 Å². The summed E-state index contributed by atoms with van der Waals surface area (Å²) < 4.78 is 15.6. The van der Waals surface area contributed by atoms with Gasteiger partial charge in [-0.1, -0.05) is 0 Å². The highest BCUT2D eigenvalue weighted by Crippen LogP contribution is 2.35. The summed E-state index contributed by atoms with van der Waals surface area (Å²) in [6, 6.07) is 6.65. The van der Waals surface area contributed by atoms with Crippen molar-refractivity contribution in [3.63, 3.8) is 0 Å². The summed E-state index contributed by atoms with van der Waals surface area (Å²) >= 11 is 1.44. The van der Waals surface area contributed by atoms with Gasteiger partial charge in [0.15, 0.2) is 11.5 Å². The van der Waals surface area contributed by atoms with Crippen LogP contribution in [0.5, 0.6) is 17.2 Å². The Bertz CT molecular complexity index is 683. The van der Waals surface area contributed by atoms with Crippen LogP contribution >= 0.6 is 11.3 Å². The minimum absolute atomic E-state index is 0.0876. The lowest BCUT2D eigenvalue weighted by atomic mass is 10.3. The van der Waals surface area contributed by atoms with E-state index in [9.17, 15) is 9.59 Å². The molecular formula is C15H13NO5S. The maximum Gasteiger partial charge on any atom is 0.312 e. The predicted octanol–water partition coefficient (Wildman–Crippen LogP) is 2.20. The van der Waals surface area contributed by atoms with Crippen LogP contribution in [0.4, 0.5) is 0 Å². The first kappa shape index (κ1) is 14.4. The van der Waals surface area contributed by atoms with Crippen molar-refractivity contribution in [2.24, 2.45) is 0 Å². The maximum atomic E-state index is 11.7. The second kappa shape index (κ2) is 6.48. The highest BCUT2D eigenvalue weighted by atomic mass is 32.1. The van der Waals surface area contributed by atoms with E-state index >= 15 is 0 Å². The van der Waals surface area contributed by atoms with Crippen molar-refractivity contribution in [1.82, 2.24) is 5.32 Å². The van der Waals surface area contributed by atoms with Crippen LogP contribution in [0.3, 0.4) is 0 Å². The third-order valence-corrected chi connectivity index (χ3v) is 3.66. The second-order valence-corrected chi connectivity index (χ2v) is 5.29. The number of benzene rings is 1. The molecule has 2 heterocycles. The number of fused-ring (bicyclic) bond motifs is 1. The Morgan fingerprint density at radius 1 is 1.23 bits per heavy atom. The van der Waals surface area contributed by atoms with Gasteiger partial charge in [0, 0.05) is 23.6 Å². The number of rotatable bonds is 5. The molecule has 0 saturated heterocycles. The van der Waals surface area contributed by atoms with Crippen molar-refractivity contribution in [3.8, 4) is 17.2 Å². The quantitative estimate of drug-likeness (QED) is 0.675. The van der Waals surface area contributed by atoms with Crippen molar-refractivity contribution >= 4 is 23.2 Å². The first-order valence-electron chi connectivity index (χ1n) is 6.63. The SMILES string of the molecule is O=C(CCNC(=O)c1ccsc1)Oc1ccc2c(c1)OCO2. The lowest BCUT2D eigenvalue weighted by Gasteiger charge is -2.06. The Labute approximate surface area is 130 Å². The third-order valence-electron chi connectivity index (χ3n) is 2.97. The van der Waals surface area contributed by atoms with Gasteiger partial charge in [-0.3, -0.25) is 9.59 Å². The number of hydrogen-bond donors (Lipinski definition) is 1. The molecule has 0 atom stereocenters. The van der Waals surface area contributed by atoms with E-state index < -0.39 is 5.97 Å². The van der Waals surface area contributed by atoms with Crippen molar-refractivity contribution < 1.29 is 23.8 Å². The average molecular weight is 319 g/mol. The summed E-state index contributed by atoms with van der Waals surface area (Å²) in [5.74, 6) is 0.943. The lowest BCUT2D eigenvalue weighted by Crippen LogP contribution is -2.26. The smallest absolute Gasteiger partial charge is 0.312 e. The van der Waals surface area contributed by atoms with Crippen LogP contribution in [0, 0.1) is 0 Å². The zero-order chi connectivity index (χ0) is 15.4. The number of hydrogen-bond acceptors (Lipinski definition) is 6. The molecule has 1 aromatic carbocycles. The van der Waals surface area contributed by atoms with Gasteiger partial charge in [-0.2, -0.15) is 11.3 Å². The summed E-state index contributed by atoms with van der Waals surface area (Å²) in [6.07, 6.45) is 0.0876. The summed E-state index contributed by atoms with van der Waals surface area (Å²) in [7, 11) is 0. The predicted molar refractivity (Wildman–Crippen MR) is 79.5 cm³/mol. The van der Waals surface area contributed by atoms with E-state index in [0.717, 1.165) is 0 Å². The van der Waals surface area contributed by atoms with Crippen molar-refractivity contribution in [1.29, 1.82) is 0 Å². The second-order valence-electron chi connectivity index (χ2n) is 4.51. The number of amides is 1. The van der Waals surface area contributed by atoms with E-state index in [1.54, 1.807) is 29.6 Å². The molecule has 0 fully saturated rings. The molecule has 0 bridgehead atoms. The number of carbonyl (C=O) groups is 2. The fourth-order valence-corrected chi connectivity index (χ4v) is 2.53. The molecule has 1 N–H and O–H groups in total. The van der Waals surface area contributed by atoms with Gasteiger partial charge in [-0.25, -0.2) is 0 Å². The molecule has 22 heavy (non-hydrogen) atoms. The standard InChI is InChI=1S/C15H13NO5S/c17-14(3-5-16-15(18)10-4-6-22-8-10)21-11-1-2-12-13(7-11)20-9-19-12/h1-2,4,6-8H,3,5,9H2,(H,16,18). The molecular weight excluding hydrogens is 306 g/mol. The molecule has 1 amide bonds. The lowest BCUT2D eigenvalue weighted by molar-refractivity contribution is -0.134. The molecule has 0 unspecified atom stereocenters. The minimum atomic E-state index is -0.426. The van der Waals surface area contributed by atoms with Gasteiger partial charge < -0.3 is 19.5 Å². The Morgan fingerprint density at radius 3 is 2.91 bits per heavy atom. The first-order valence-corrected chi connectivity index (χ1v) is 7.57. The van der Waals surface area contributed by atoms with Crippen molar-refractivity contribution in [2.75, 3.05) is 13.3 Å². The number of ether oxygens (including phenoxy) is 3. The van der Waals surface area contributed by atoms with E-state index in [0.29, 0.717) is 22.8 Å². The van der Waals surface area contributed by atoms with Crippen molar-refractivity contribution in [3.05, 3.63) is 40.6 Å². The molecule has 7 heteroatoms. The van der Waals surface area contributed by atoms with Crippen LogP contribution < -0.4 is 19.5 Å². The topological polar surface area (TPSA) is 73.9 Å². The van der Waals surface area contributed by atoms with E-state index in [1.165, 1.54) is 11.3 Å². The molecule has 3 rings (SSSR count). The average Bonchev–Trinajstić information content (AvgIpc) is 3.18. The van der Waals surface area contributed by atoms with Crippen LogP contribution in [-0.4, -0.2) is 25.2 Å². The fraction of sp³-hybridized carbons (Fsp3) is 0.200. The number of carbonyl (C=O) groups excluding carboxylic acids is 2. The Morgan fingerprint density at radius 2 is 2.09 bits per heavy atom. The molecule has 6 nitrogen and oxygen atoms in total. The molecule has 0 radical (unpaired) electrons. The van der Waals surface area contributed by atoms with Gasteiger partial charge in [0.05, 0.1) is 6.42 Å². The molecule has 1 aliphatic heterocycles.